The van der Waals surface area contributed by atoms with Gasteiger partial charge in [0.1, 0.15) is 0 Å². The maximum Gasteiger partial charge on any atom is 0.252 e. The van der Waals surface area contributed by atoms with Gasteiger partial charge in [0.05, 0.1) is 34.5 Å². The van der Waals surface area contributed by atoms with Crippen LogP contribution in [-0.2, 0) is 6.54 Å². The minimum atomic E-state index is -0.851. The Hall–Kier alpha value is -1.64. The largest absolute Gasteiger partial charge is 0.390 e. The molecule has 1 aliphatic rings. The van der Waals surface area contributed by atoms with Crippen molar-refractivity contribution in [2.75, 3.05) is 13.1 Å². The van der Waals surface area contributed by atoms with Gasteiger partial charge in [0.15, 0.2) is 0 Å². The number of nitrogens with zero attached hydrogens (tertiary/aromatic N) is 2. The lowest BCUT2D eigenvalue weighted by molar-refractivity contribution is 0.0246. The van der Waals surface area contributed by atoms with Gasteiger partial charge in [0.2, 0.25) is 0 Å². The minimum absolute atomic E-state index is 0. The average Bonchev–Trinajstić information content (AvgIpc) is 2.94. The minimum Gasteiger partial charge on any atom is -0.390 e. The van der Waals surface area contributed by atoms with Crippen molar-refractivity contribution in [3.8, 4) is 11.3 Å². The van der Waals surface area contributed by atoms with Crippen LogP contribution in [-0.4, -0.2) is 50.7 Å². The summed E-state index contributed by atoms with van der Waals surface area (Å²) in [5, 5.41) is 28.3. The molecule has 1 aliphatic carbocycles. The number of carbonyl (C=O) groups is 1. The molecule has 1 amide bonds. The van der Waals surface area contributed by atoms with Gasteiger partial charge in [-0.2, -0.15) is 5.10 Å². The van der Waals surface area contributed by atoms with Gasteiger partial charge in [0, 0.05) is 24.3 Å². The summed E-state index contributed by atoms with van der Waals surface area (Å²) in [5.74, 6) is -0.311. The van der Waals surface area contributed by atoms with Gasteiger partial charge in [-0.15, -0.1) is 12.4 Å². The summed E-state index contributed by atoms with van der Waals surface area (Å²) in [6.45, 7) is 2.59. The summed E-state index contributed by atoms with van der Waals surface area (Å²) in [4.78, 5) is 12.8. The van der Waals surface area contributed by atoms with Crippen molar-refractivity contribution in [3.05, 3.63) is 40.5 Å². The summed E-state index contributed by atoms with van der Waals surface area (Å²) >= 11 is 6.29. The Labute approximate surface area is 194 Å². The number of nitrogens with one attached hydrogen (secondary N) is 1. The highest BCUT2D eigenvalue weighted by molar-refractivity contribution is 6.34. The quantitative estimate of drug-likeness (QED) is 0.464. The number of hydrogen-bond donors (Lipinski definition) is 4. The van der Waals surface area contributed by atoms with Crippen molar-refractivity contribution < 1.29 is 15.0 Å². The van der Waals surface area contributed by atoms with Crippen molar-refractivity contribution in [2.24, 2.45) is 5.73 Å². The Balaban J connectivity index is 0.00000341. The third kappa shape index (κ3) is 6.67. The molecule has 1 saturated carbocycles. The highest BCUT2D eigenvalue weighted by atomic mass is 35.5. The SMILES string of the molecule is Cc1cc(-c2ccc(Cl)c(C(=O)NCC3(O)CCCCCC3)c2)nn1CC(O)CN.Cl. The van der Waals surface area contributed by atoms with E-state index in [9.17, 15) is 15.0 Å². The van der Waals surface area contributed by atoms with Gasteiger partial charge in [-0.1, -0.05) is 43.4 Å². The lowest BCUT2D eigenvalue weighted by Gasteiger charge is -2.26. The molecule has 0 radical (unpaired) electrons. The van der Waals surface area contributed by atoms with E-state index in [1.54, 1.807) is 16.8 Å². The zero-order valence-corrected chi connectivity index (χ0v) is 19.4. The second-order valence-corrected chi connectivity index (χ2v) is 8.67. The molecule has 5 N–H and O–H groups in total. The first-order valence-electron chi connectivity index (χ1n) is 10.5. The molecule has 0 bridgehead atoms. The standard InChI is InChI=1S/C22H31ClN4O3.ClH/c1-15-10-20(26-27(15)13-17(28)12-24)16-6-7-19(23)18(11-16)21(29)25-14-22(30)8-4-2-3-5-9-22;/h6-7,10-11,17,28,30H,2-5,8-9,12-14,24H2,1H3,(H,25,29);1H. The van der Waals surface area contributed by atoms with E-state index < -0.39 is 11.7 Å². The van der Waals surface area contributed by atoms with Crippen LogP contribution in [0.5, 0.6) is 0 Å². The number of aliphatic hydroxyl groups excluding tert-OH is 1. The highest BCUT2D eigenvalue weighted by Crippen LogP contribution is 2.28. The molecule has 1 fully saturated rings. The van der Waals surface area contributed by atoms with E-state index in [1.807, 2.05) is 19.1 Å². The predicted molar refractivity (Wildman–Crippen MR) is 125 cm³/mol. The number of aromatic nitrogens is 2. The van der Waals surface area contributed by atoms with Crippen LogP contribution in [0.2, 0.25) is 5.02 Å². The summed E-state index contributed by atoms with van der Waals surface area (Å²) in [5.41, 5.74) is 7.31. The molecule has 1 unspecified atom stereocenters. The van der Waals surface area contributed by atoms with Gasteiger partial charge in [0.25, 0.3) is 5.91 Å². The number of benzene rings is 1. The third-order valence-electron chi connectivity index (χ3n) is 5.76. The van der Waals surface area contributed by atoms with Crippen LogP contribution in [0, 0.1) is 6.92 Å². The highest BCUT2D eigenvalue weighted by Gasteiger charge is 2.28. The Kier molecular flexibility index (Phi) is 9.33. The van der Waals surface area contributed by atoms with Crippen molar-refractivity contribution in [3.63, 3.8) is 0 Å². The number of aliphatic hydroxyl groups is 2. The van der Waals surface area contributed by atoms with Gasteiger partial charge in [-0.3, -0.25) is 9.48 Å². The molecule has 0 spiro atoms. The van der Waals surface area contributed by atoms with E-state index >= 15 is 0 Å². The molecule has 1 atom stereocenters. The number of hydrogen-bond acceptors (Lipinski definition) is 5. The molecule has 3 rings (SSSR count). The third-order valence-corrected chi connectivity index (χ3v) is 6.09. The van der Waals surface area contributed by atoms with Crippen molar-refractivity contribution in [1.29, 1.82) is 0 Å². The molecule has 1 heterocycles. The predicted octanol–water partition coefficient (Wildman–Crippen LogP) is 3.07. The summed E-state index contributed by atoms with van der Waals surface area (Å²) in [6, 6.07) is 7.08. The van der Waals surface area contributed by atoms with Crippen molar-refractivity contribution in [2.45, 2.75) is 63.7 Å². The first kappa shape index (κ1) is 25.6. The van der Waals surface area contributed by atoms with Crippen LogP contribution in [0.15, 0.2) is 24.3 Å². The fraction of sp³-hybridized carbons (Fsp3) is 0.545. The number of carbonyl (C=O) groups excluding carboxylic acids is 1. The Morgan fingerprint density at radius 1 is 1.29 bits per heavy atom. The molecular formula is C22H32Cl2N4O3. The molecule has 0 saturated heterocycles. The Bertz CT molecular complexity index is 880. The monoisotopic (exact) mass is 470 g/mol. The fourth-order valence-corrected chi connectivity index (χ4v) is 4.08. The topological polar surface area (TPSA) is 113 Å². The molecule has 7 nitrogen and oxygen atoms in total. The normalized spacial score (nSPS) is 16.8. The lowest BCUT2D eigenvalue weighted by Crippen LogP contribution is -2.42. The van der Waals surface area contributed by atoms with Crippen molar-refractivity contribution in [1.82, 2.24) is 15.1 Å². The molecule has 9 heteroatoms. The van der Waals surface area contributed by atoms with Gasteiger partial charge >= 0.3 is 0 Å². The van der Waals surface area contributed by atoms with Crippen LogP contribution in [0.3, 0.4) is 0 Å². The molecule has 0 aliphatic heterocycles. The van der Waals surface area contributed by atoms with E-state index in [0.717, 1.165) is 36.9 Å². The van der Waals surface area contributed by atoms with Crippen LogP contribution >= 0.6 is 24.0 Å². The number of amides is 1. The average molecular weight is 471 g/mol. The Morgan fingerprint density at radius 2 is 1.97 bits per heavy atom. The van der Waals surface area contributed by atoms with Crippen LogP contribution in [0.1, 0.15) is 54.6 Å². The maximum atomic E-state index is 12.8. The lowest BCUT2D eigenvalue weighted by atomic mass is 9.94. The van der Waals surface area contributed by atoms with E-state index in [1.165, 1.54) is 0 Å². The molecule has 172 valence electrons. The summed E-state index contributed by atoms with van der Waals surface area (Å²) in [7, 11) is 0. The molecule has 2 aromatic rings. The number of nitrogens with two attached hydrogens (primary N) is 1. The molecule has 1 aromatic carbocycles. The van der Waals surface area contributed by atoms with Gasteiger partial charge in [-0.05, 0) is 38.0 Å². The van der Waals surface area contributed by atoms with Crippen LogP contribution in [0.4, 0.5) is 0 Å². The fourth-order valence-electron chi connectivity index (χ4n) is 3.87. The molecular weight excluding hydrogens is 439 g/mol. The van der Waals surface area contributed by atoms with Crippen molar-refractivity contribution >= 4 is 29.9 Å². The number of aryl methyl sites for hydroxylation is 1. The maximum absolute atomic E-state index is 12.8. The first-order chi connectivity index (χ1) is 14.3. The Morgan fingerprint density at radius 3 is 2.61 bits per heavy atom. The zero-order chi connectivity index (χ0) is 21.7. The summed E-state index contributed by atoms with van der Waals surface area (Å²) in [6.07, 6.45) is 4.93. The first-order valence-corrected chi connectivity index (χ1v) is 10.9. The van der Waals surface area contributed by atoms with Gasteiger partial charge in [-0.25, -0.2) is 0 Å². The second-order valence-electron chi connectivity index (χ2n) is 8.26. The van der Waals surface area contributed by atoms with Crippen LogP contribution < -0.4 is 11.1 Å². The number of rotatable bonds is 7. The summed E-state index contributed by atoms with van der Waals surface area (Å²) < 4.78 is 1.70. The molecule has 1 aromatic heterocycles. The second kappa shape index (κ2) is 11.3. The van der Waals surface area contributed by atoms with E-state index in [-0.39, 0.29) is 31.4 Å². The molecule has 31 heavy (non-hydrogen) atoms. The van der Waals surface area contributed by atoms with Gasteiger partial charge < -0.3 is 21.3 Å². The van der Waals surface area contributed by atoms with E-state index in [4.69, 9.17) is 17.3 Å². The zero-order valence-electron chi connectivity index (χ0n) is 17.8. The van der Waals surface area contributed by atoms with E-state index in [2.05, 4.69) is 10.4 Å². The van der Waals surface area contributed by atoms with E-state index in [0.29, 0.717) is 35.7 Å². The number of halogens is 2. The smallest absolute Gasteiger partial charge is 0.252 e. The van der Waals surface area contributed by atoms with Crippen LogP contribution in [0.25, 0.3) is 11.3 Å².